The van der Waals surface area contributed by atoms with E-state index in [0.29, 0.717) is 45.8 Å². The number of imide groups is 1. The first-order valence-electron chi connectivity index (χ1n) is 10.3. The maximum absolute atomic E-state index is 12.7. The maximum atomic E-state index is 12.7. The van der Waals surface area contributed by atoms with Crippen molar-refractivity contribution in [2.45, 2.75) is 6.92 Å². The number of rotatable bonds is 7. The number of nitro groups is 1. The molecule has 0 bridgehead atoms. The van der Waals surface area contributed by atoms with Crippen LogP contribution in [0.2, 0.25) is 0 Å². The third kappa shape index (κ3) is 5.25. The second-order valence-corrected chi connectivity index (χ2v) is 8.50. The van der Waals surface area contributed by atoms with Gasteiger partial charge in [-0.1, -0.05) is 0 Å². The highest BCUT2D eigenvalue weighted by atomic mass is 32.2. The topological polar surface area (TPSA) is 132 Å². The van der Waals surface area contributed by atoms with Crippen LogP contribution in [-0.2, 0) is 9.59 Å². The molecule has 2 aromatic carbocycles. The van der Waals surface area contributed by atoms with Crippen LogP contribution in [0.1, 0.15) is 11.3 Å². The Bertz CT molecular complexity index is 1360. The number of aryl methyl sites for hydroxylation is 1. The van der Waals surface area contributed by atoms with Gasteiger partial charge >= 0.3 is 0 Å². The van der Waals surface area contributed by atoms with Gasteiger partial charge in [0.25, 0.3) is 16.8 Å². The number of thioether (sulfide) groups is 1. The Morgan fingerprint density at radius 1 is 1.17 bits per heavy atom. The number of methoxy groups -OCH3 is 1. The summed E-state index contributed by atoms with van der Waals surface area (Å²) in [5.41, 5.74) is 1.80. The lowest BCUT2D eigenvalue weighted by atomic mass is 10.1. The molecule has 0 unspecified atom stereocenters. The number of non-ortho nitro benzene ring substituents is 1. The molecular weight excluding hydrogens is 474 g/mol. The van der Waals surface area contributed by atoms with E-state index in [1.165, 1.54) is 25.3 Å². The highest BCUT2D eigenvalue weighted by Gasteiger charge is 2.36. The van der Waals surface area contributed by atoms with E-state index in [1.54, 1.807) is 49.4 Å². The van der Waals surface area contributed by atoms with Crippen molar-refractivity contribution in [3.63, 3.8) is 0 Å². The van der Waals surface area contributed by atoms with Crippen molar-refractivity contribution in [2.24, 2.45) is 0 Å². The lowest BCUT2D eigenvalue weighted by molar-refractivity contribution is -0.384. The molecule has 4 rings (SSSR count). The van der Waals surface area contributed by atoms with E-state index in [0.717, 1.165) is 4.90 Å². The standard InChI is InChI=1S/C24H19N3O7S/c1-14-11-16(27(31)32)5-9-19(14)20-10-8-18(34-20)12-21-23(29)26(24(30)35-21)13-22(28)25-15-3-6-17(33-2)7-4-15/h3-12H,13H2,1-2H3,(H,25,28)/b21-12-. The summed E-state index contributed by atoms with van der Waals surface area (Å²) in [7, 11) is 1.53. The molecular formula is C24H19N3O7S. The molecule has 0 spiro atoms. The van der Waals surface area contributed by atoms with Crippen LogP contribution < -0.4 is 10.1 Å². The van der Waals surface area contributed by atoms with Gasteiger partial charge in [0.15, 0.2) is 0 Å². The van der Waals surface area contributed by atoms with Crippen LogP contribution in [0.4, 0.5) is 16.2 Å². The Hall–Kier alpha value is -4.38. The molecule has 1 aliphatic heterocycles. The number of ether oxygens (including phenoxy) is 1. The van der Waals surface area contributed by atoms with Gasteiger partial charge in [0.05, 0.1) is 16.9 Å². The van der Waals surface area contributed by atoms with Crippen LogP contribution in [0.5, 0.6) is 5.75 Å². The number of nitro benzene ring substituents is 1. The van der Waals surface area contributed by atoms with Crippen LogP contribution in [0.15, 0.2) is 63.9 Å². The molecule has 1 aliphatic rings. The number of anilines is 1. The summed E-state index contributed by atoms with van der Waals surface area (Å²) in [4.78, 5) is 48.9. The minimum absolute atomic E-state index is 0.0252. The Labute approximate surface area is 203 Å². The quantitative estimate of drug-likeness (QED) is 0.281. The van der Waals surface area contributed by atoms with Crippen molar-refractivity contribution in [1.82, 2.24) is 4.90 Å². The van der Waals surface area contributed by atoms with E-state index in [9.17, 15) is 24.5 Å². The third-order valence-electron chi connectivity index (χ3n) is 5.14. The SMILES string of the molecule is COc1ccc(NC(=O)CN2C(=O)S/C(=C\c3ccc(-c4ccc([N+](=O)[O-])cc4C)o3)C2=O)cc1. The molecule has 11 heteroatoms. The van der Waals surface area contributed by atoms with Crippen molar-refractivity contribution < 1.29 is 28.5 Å². The first kappa shape index (κ1) is 23.8. The number of nitrogens with zero attached hydrogens (tertiary/aromatic N) is 2. The van der Waals surface area contributed by atoms with Crippen LogP contribution in [0.3, 0.4) is 0 Å². The zero-order chi connectivity index (χ0) is 25.1. The summed E-state index contributed by atoms with van der Waals surface area (Å²) < 4.78 is 10.8. The zero-order valence-corrected chi connectivity index (χ0v) is 19.5. The minimum Gasteiger partial charge on any atom is -0.497 e. The van der Waals surface area contributed by atoms with Crippen LogP contribution in [-0.4, -0.2) is 40.5 Å². The Kier molecular flexibility index (Phi) is 6.69. The van der Waals surface area contributed by atoms with Crippen molar-refractivity contribution >= 4 is 46.3 Å². The predicted molar refractivity (Wildman–Crippen MR) is 130 cm³/mol. The fourth-order valence-corrected chi connectivity index (χ4v) is 4.22. The van der Waals surface area contributed by atoms with E-state index in [2.05, 4.69) is 5.32 Å². The number of hydrogen-bond acceptors (Lipinski definition) is 8. The van der Waals surface area contributed by atoms with Gasteiger partial charge in [-0.15, -0.1) is 0 Å². The number of carbonyl (C=O) groups excluding carboxylic acids is 3. The summed E-state index contributed by atoms with van der Waals surface area (Å²) in [6.07, 6.45) is 1.43. The van der Waals surface area contributed by atoms with E-state index in [4.69, 9.17) is 9.15 Å². The van der Waals surface area contributed by atoms with Gasteiger partial charge in [-0.05, 0) is 66.7 Å². The average Bonchev–Trinajstić information content (AvgIpc) is 3.39. The number of carbonyl (C=O) groups is 3. The highest BCUT2D eigenvalue weighted by Crippen LogP contribution is 2.34. The fraction of sp³-hybridized carbons (Fsp3) is 0.125. The first-order chi connectivity index (χ1) is 16.7. The summed E-state index contributed by atoms with van der Waals surface area (Å²) >= 11 is 0.710. The number of furan rings is 1. The number of hydrogen-bond donors (Lipinski definition) is 1. The van der Waals surface area contributed by atoms with Crippen molar-refractivity contribution in [2.75, 3.05) is 19.0 Å². The van der Waals surface area contributed by atoms with E-state index in [1.807, 2.05) is 0 Å². The molecule has 178 valence electrons. The van der Waals surface area contributed by atoms with E-state index < -0.39 is 28.5 Å². The molecule has 3 amide bonds. The van der Waals surface area contributed by atoms with Crippen LogP contribution in [0, 0.1) is 17.0 Å². The monoisotopic (exact) mass is 493 g/mol. The summed E-state index contributed by atoms with van der Waals surface area (Å²) in [5, 5.41) is 13.0. The lowest BCUT2D eigenvalue weighted by Crippen LogP contribution is -2.36. The van der Waals surface area contributed by atoms with E-state index in [-0.39, 0.29) is 10.6 Å². The van der Waals surface area contributed by atoms with E-state index >= 15 is 0 Å². The van der Waals surface area contributed by atoms with Crippen LogP contribution >= 0.6 is 11.8 Å². The summed E-state index contributed by atoms with van der Waals surface area (Å²) in [5.74, 6) is 0.290. The van der Waals surface area contributed by atoms with Gasteiger partial charge in [0, 0.05) is 29.5 Å². The van der Waals surface area contributed by atoms with Gasteiger partial charge < -0.3 is 14.5 Å². The molecule has 1 saturated heterocycles. The molecule has 35 heavy (non-hydrogen) atoms. The lowest BCUT2D eigenvalue weighted by Gasteiger charge is -2.12. The largest absolute Gasteiger partial charge is 0.497 e. The Balaban J connectivity index is 1.44. The van der Waals surface area contributed by atoms with Gasteiger partial charge in [-0.3, -0.25) is 29.4 Å². The normalized spacial score (nSPS) is 14.5. The van der Waals surface area contributed by atoms with Crippen LogP contribution in [0.25, 0.3) is 17.4 Å². The highest BCUT2D eigenvalue weighted by molar-refractivity contribution is 8.18. The number of nitrogens with one attached hydrogen (secondary N) is 1. The minimum atomic E-state index is -0.602. The second-order valence-electron chi connectivity index (χ2n) is 7.50. The summed E-state index contributed by atoms with van der Waals surface area (Å²) in [6.45, 7) is 1.30. The molecule has 3 aromatic rings. The molecule has 0 aliphatic carbocycles. The van der Waals surface area contributed by atoms with Crippen molar-refractivity contribution in [3.8, 4) is 17.1 Å². The summed E-state index contributed by atoms with van der Waals surface area (Å²) in [6, 6.07) is 14.4. The fourth-order valence-electron chi connectivity index (χ4n) is 3.40. The average molecular weight is 493 g/mol. The zero-order valence-electron chi connectivity index (χ0n) is 18.6. The Morgan fingerprint density at radius 2 is 1.91 bits per heavy atom. The van der Waals surface area contributed by atoms with Gasteiger partial charge in [-0.2, -0.15) is 0 Å². The smallest absolute Gasteiger partial charge is 0.294 e. The third-order valence-corrected chi connectivity index (χ3v) is 6.04. The molecule has 1 N–H and O–H groups in total. The van der Waals surface area contributed by atoms with Gasteiger partial charge in [0.1, 0.15) is 23.8 Å². The van der Waals surface area contributed by atoms with Gasteiger partial charge in [0.2, 0.25) is 5.91 Å². The number of amides is 3. The number of benzene rings is 2. The molecule has 1 fully saturated rings. The molecule has 0 saturated carbocycles. The molecule has 1 aromatic heterocycles. The maximum Gasteiger partial charge on any atom is 0.294 e. The second kappa shape index (κ2) is 9.85. The molecule has 0 atom stereocenters. The first-order valence-corrected chi connectivity index (χ1v) is 11.1. The predicted octanol–water partition coefficient (Wildman–Crippen LogP) is 4.85. The molecule has 0 radical (unpaired) electrons. The van der Waals surface area contributed by atoms with Gasteiger partial charge in [-0.25, -0.2) is 0 Å². The van der Waals surface area contributed by atoms with Crippen molar-refractivity contribution in [1.29, 1.82) is 0 Å². The molecule has 10 nitrogen and oxygen atoms in total. The molecule has 2 heterocycles. The van der Waals surface area contributed by atoms with Crippen molar-refractivity contribution in [3.05, 3.63) is 80.9 Å². The Morgan fingerprint density at radius 3 is 2.57 bits per heavy atom.